The van der Waals surface area contributed by atoms with Crippen LogP contribution in [-0.2, 0) is 0 Å². The molecule has 2 rings (SSSR count). The molecule has 4 heteroatoms. The molecule has 1 aromatic heterocycles. The number of H-pyrrole nitrogens is 1. The van der Waals surface area contributed by atoms with Gasteiger partial charge in [0, 0.05) is 6.07 Å². The van der Waals surface area contributed by atoms with E-state index in [0.717, 1.165) is 21.9 Å². The average Bonchev–Trinajstić information content (AvgIpc) is 2.60. The van der Waals surface area contributed by atoms with E-state index in [4.69, 9.17) is 4.74 Å². The van der Waals surface area contributed by atoms with Gasteiger partial charge in [0.2, 0.25) is 0 Å². The van der Waals surface area contributed by atoms with Gasteiger partial charge in [0.25, 0.3) is 0 Å². The first kappa shape index (κ1) is 9.40. The molecule has 0 saturated heterocycles. The quantitative estimate of drug-likeness (QED) is 0.788. The Morgan fingerprint density at radius 1 is 1.50 bits per heavy atom. The molecular formula is C10H12N2OS. The summed E-state index contributed by atoms with van der Waals surface area (Å²) in [7, 11) is 0. The van der Waals surface area contributed by atoms with E-state index in [9.17, 15) is 0 Å². The average molecular weight is 208 g/mol. The molecule has 3 nitrogen and oxygen atoms in total. The Hall–Kier alpha value is -1.16. The predicted molar refractivity (Wildman–Crippen MR) is 59.0 cm³/mol. The lowest BCUT2D eigenvalue weighted by atomic mass is 10.3. The van der Waals surface area contributed by atoms with Gasteiger partial charge in [-0.15, -0.1) is 0 Å². The minimum absolute atomic E-state index is 0.690. The molecule has 0 radical (unpaired) electrons. The summed E-state index contributed by atoms with van der Waals surface area (Å²) in [5, 5.41) is 0.939. The maximum atomic E-state index is 5.40. The molecule has 14 heavy (non-hydrogen) atoms. The summed E-state index contributed by atoms with van der Waals surface area (Å²) in [6.07, 6.45) is 2.00. The van der Waals surface area contributed by atoms with Crippen molar-refractivity contribution in [1.29, 1.82) is 0 Å². The number of hydrogen-bond acceptors (Lipinski definition) is 3. The molecule has 0 aliphatic rings. The van der Waals surface area contributed by atoms with E-state index in [1.54, 1.807) is 11.8 Å². The third-order valence-corrected chi connectivity index (χ3v) is 2.52. The molecule has 0 aliphatic heterocycles. The molecule has 2 aromatic rings. The van der Waals surface area contributed by atoms with Crippen LogP contribution in [0.25, 0.3) is 11.0 Å². The molecule has 0 spiro atoms. The lowest BCUT2D eigenvalue weighted by Crippen LogP contribution is -1.90. The van der Waals surface area contributed by atoms with Gasteiger partial charge in [-0.05, 0) is 25.3 Å². The molecule has 0 bridgehead atoms. The van der Waals surface area contributed by atoms with Crippen molar-refractivity contribution in [1.82, 2.24) is 9.97 Å². The van der Waals surface area contributed by atoms with Gasteiger partial charge >= 0.3 is 0 Å². The van der Waals surface area contributed by atoms with Crippen molar-refractivity contribution in [2.75, 3.05) is 12.9 Å². The van der Waals surface area contributed by atoms with Crippen molar-refractivity contribution in [2.45, 2.75) is 12.1 Å². The number of nitrogens with zero attached hydrogens (tertiary/aromatic N) is 1. The first-order chi connectivity index (χ1) is 6.83. The van der Waals surface area contributed by atoms with E-state index in [1.807, 2.05) is 31.4 Å². The summed E-state index contributed by atoms with van der Waals surface area (Å²) in [6, 6.07) is 5.89. The predicted octanol–water partition coefficient (Wildman–Crippen LogP) is 2.68. The normalized spacial score (nSPS) is 10.7. The summed E-state index contributed by atoms with van der Waals surface area (Å²) in [5.74, 6) is 0.885. The van der Waals surface area contributed by atoms with Crippen molar-refractivity contribution >= 4 is 22.8 Å². The summed E-state index contributed by atoms with van der Waals surface area (Å²) in [5.41, 5.74) is 2.01. The van der Waals surface area contributed by atoms with Crippen LogP contribution in [0.2, 0.25) is 0 Å². The molecule has 0 amide bonds. The van der Waals surface area contributed by atoms with E-state index in [-0.39, 0.29) is 0 Å². The molecule has 0 saturated carbocycles. The number of fused-ring (bicyclic) bond motifs is 1. The topological polar surface area (TPSA) is 37.9 Å². The van der Waals surface area contributed by atoms with Crippen LogP contribution in [0.4, 0.5) is 0 Å². The number of nitrogens with one attached hydrogen (secondary N) is 1. The van der Waals surface area contributed by atoms with Crippen LogP contribution in [0.5, 0.6) is 5.75 Å². The van der Waals surface area contributed by atoms with Crippen LogP contribution < -0.4 is 4.74 Å². The highest BCUT2D eigenvalue weighted by Crippen LogP contribution is 2.21. The lowest BCUT2D eigenvalue weighted by Gasteiger charge is -2.00. The van der Waals surface area contributed by atoms with Crippen LogP contribution in [0, 0.1) is 0 Å². The molecular weight excluding hydrogens is 196 g/mol. The first-order valence-electron chi connectivity index (χ1n) is 4.50. The smallest absolute Gasteiger partial charge is 0.166 e. The van der Waals surface area contributed by atoms with E-state index in [2.05, 4.69) is 9.97 Å². The van der Waals surface area contributed by atoms with Crippen LogP contribution in [-0.4, -0.2) is 22.8 Å². The number of aromatic nitrogens is 2. The van der Waals surface area contributed by atoms with E-state index in [1.165, 1.54) is 0 Å². The zero-order chi connectivity index (χ0) is 9.97. The van der Waals surface area contributed by atoms with Crippen molar-refractivity contribution in [3.63, 3.8) is 0 Å². The summed E-state index contributed by atoms with van der Waals surface area (Å²) in [4.78, 5) is 7.60. The largest absolute Gasteiger partial charge is 0.494 e. The maximum absolute atomic E-state index is 5.40. The highest BCUT2D eigenvalue weighted by molar-refractivity contribution is 7.98. The number of benzene rings is 1. The van der Waals surface area contributed by atoms with Crippen molar-refractivity contribution < 1.29 is 4.74 Å². The van der Waals surface area contributed by atoms with Gasteiger partial charge in [-0.25, -0.2) is 4.98 Å². The fraction of sp³-hybridized carbons (Fsp3) is 0.300. The second-order valence-corrected chi connectivity index (χ2v) is 3.65. The van der Waals surface area contributed by atoms with Gasteiger partial charge < -0.3 is 9.72 Å². The first-order valence-corrected chi connectivity index (χ1v) is 5.72. The lowest BCUT2D eigenvalue weighted by molar-refractivity contribution is 0.340. The van der Waals surface area contributed by atoms with Gasteiger partial charge in [0.1, 0.15) is 5.75 Å². The Kier molecular flexibility index (Phi) is 2.63. The van der Waals surface area contributed by atoms with Gasteiger partial charge in [-0.1, -0.05) is 11.8 Å². The molecule has 0 aliphatic carbocycles. The Morgan fingerprint density at radius 3 is 3.07 bits per heavy atom. The summed E-state index contributed by atoms with van der Waals surface area (Å²) < 4.78 is 5.40. The molecule has 0 atom stereocenters. The third-order valence-electron chi connectivity index (χ3n) is 1.94. The van der Waals surface area contributed by atoms with Crippen LogP contribution >= 0.6 is 11.8 Å². The van der Waals surface area contributed by atoms with Gasteiger partial charge in [0.15, 0.2) is 5.16 Å². The van der Waals surface area contributed by atoms with Crippen molar-refractivity contribution in [3.05, 3.63) is 18.2 Å². The van der Waals surface area contributed by atoms with Crippen LogP contribution in [0.3, 0.4) is 0 Å². The highest BCUT2D eigenvalue weighted by atomic mass is 32.2. The maximum Gasteiger partial charge on any atom is 0.166 e. The second kappa shape index (κ2) is 3.92. The van der Waals surface area contributed by atoms with Crippen molar-refractivity contribution in [2.24, 2.45) is 0 Å². The number of thioether (sulfide) groups is 1. The molecule has 0 fully saturated rings. The Labute approximate surface area is 86.9 Å². The fourth-order valence-electron chi connectivity index (χ4n) is 1.32. The highest BCUT2D eigenvalue weighted by Gasteiger charge is 2.02. The third kappa shape index (κ3) is 1.70. The standard InChI is InChI=1S/C10H12N2OS/c1-3-13-7-4-5-8-9(6-7)12-10(11-8)14-2/h4-6H,3H2,1-2H3,(H,11,12). The number of imidazole rings is 1. The Bertz CT molecular complexity index is 439. The van der Waals surface area contributed by atoms with Gasteiger partial charge in [-0.2, -0.15) is 0 Å². The minimum Gasteiger partial charge on any atom is -0.494 e. The molecule has 1 aromatic carbocycles. The van der Waals surface area contributed by atoms with E-state index in [0.29, 0.717) is 6.61 Å². The fourth-order valence-corrected chi connectivity index (χ4v) is 1.72. The minimum atomic E-state index is 0.690. The zero-order valence-electron chi connectivity index (χ0n) is 8.20. The number of rotatable bonds is 3. The molecule has 74 valence electrons. The number of hydrogen-bond donors (Lipinski definition) is 1. The number of ether oxygens (including phenoxy) is 1. The monoisotopic (exact) mass is 208 g/mol. The SMILES string of the molecule is CCOc1ccc2nc(SC)[nH]c2c1. The Morgan fingerprint density at radius 2 is 2.36 bits per heavy atom. The molecule has 1 heterocycles. The Balaban J connectivity index is 2.43. The van der Waals surface area contributed by atoms with E-state index >= 15 is 0 Å². The zero-order valence-corrected chi connectivity index (χ0v) is 9.02. The van der Waals surface area contributed by atoms with Gasteiger partial charge in [-0.3, -0.25) is 0 Å². The van der Waals surface area contributed by atoms with Gasteiger partial charge in [0.05, 0.1) is 17.6 Å². The van der Waals surface area contributed by atoms with E-state index < -0.39 is 0 Å². The van der Waals surface area contributed by atoms with Crippen LogP contribution in [0.15, 0.2) is 23.4 Å². The summed E-state index contributed by atoms with van der Waals surface area (Å²) >= 11 is 1.61. The second-order valence-electron chi connectivity index (χ2n) is 2.86. The molecule has 1 N–H and O–H groups in total. The number of aromatic amines is 1. The summed E-state index contributed by atoms with van der Waals surface area (Å²) in [6.45, 7) is 2.67. The van der Waals surface area contributed by atoms with Crippen molar-refractivity contribution in [3.8, 4) is 5.75 Å². The van der Waals surface area contributed by atoms with Crippen LogP contribution in [0.1, 0.15) is 6.92 Å². The molecule has 0 unspecified atom stereocenters.